The summed E-state index contributed by atoms with van der Waals surface area (Å²) in [5.41, 5.74) is 6.96. The molecule has 0 aliphatic carbocycles. The molecule has 1 aliphatic rings. The maximum Gasteiger partial charge on any atom is 0.243 e. The molecule has 1 saturated heterocycles. The third-order valence-corrected chi connectivity index (χ3v) is 3.77. The van der Waals surface area contributed by atoms with Crippen molar-refractivity contribution in [1.82, 2.24) is 9.80 Å². The van der Waals surface area contributed by atoms with Gasteiger partial charge in [-0.25, -0.2) is 0 Å². The van der Waals surface area contributed by atoms with Gasteiger partial charge in [0, 0.05) is 38.4 Å². The smallest absolute Gasteiger partial charge is 0.243 e. The van der Waals surface area contributed by atoms with Crippen molar-refractivity contribution in [2.75, 3.05) is 38.5 Å². The molecule has 1 aliphatic heterocycles. The second-order valence-corrected chi connectivity index (χ2v) is 6.46. The summed E-state index contributed by atoms with van der Waals surface area (Å²) >= 11 is 0. The normalized spacial score (nSPS) is 15.5. The van der Waals surface area contributed by atoms with Gasteiger partial charge in [-0.2, -0.15) is 0 Å². The SMILES string of the molecule is CN1CCN(Cc2cccc(NC(=O)C(C)(C)N)c2)CC1.Cl.Cl.Cl. The minimum absolute atomic E-state index is 0. The van der Waals surface area contributed by atoms with Crippen LogP contribution in [0.25, 0.3) is 0 Å². The van der Waals surface area contributed by atoms with Crippen molar-refractivity contribution in [2.45, 2.75) is 25.9 Å². The van der Waals surface area contributed by atoms with Crippen LogP contribution in [0.3, 0.4) is 0 Å². The molecule has 0 radical (unpaired) electrons. The molecule has 1 heterocycles. The molecule has 0 saturated carbocycles. The number of benzene rings is 1. The maximum absolute atomic E-state index is 11.9. The average molecular weight is 400 g/mol. The van der Waals surface area contributed by atoms with Gasteiger partial charge in [0.2, 0.25) is 5.91 Å². The van der Waals surface area contributed by atoms with Crippen LogP contribution in [0.4, 0.5) is 5.69 Å². The van der Waals surface area contributed by atoms with Crippen molar-refractivity contribution in [3.63, 3.8) is 0 Å². The Hall–Kier alpha value is -0.560. The summed E-state index contributed by atoms with van der Waals surface area (Å²) in [4.78, 5) is 16.7. The van der Waals surface area contributed by atoms with Gasteiger partial charge < -0.3 is 16.0 Å². The van der Waals surface area contributed by atoms with E-state index in [1.807, 2.05) is 18.2 Å². The molecule has 0 atom stereocenters. The fraction of sp³-hybridized carbons (Fsp3) is 0.562. The number of piperazine rings is 1. The van der Waals surface area contributed by atoms with Crippen LogP contribution in [0, 0.1) is 0 Å². The van der Waals surface area contributed by atoms with E-state index in [2.05, 4.69) is 28.2 Å². The van der Waals surface area contributed by atoms with Crippen molar-refractivity contribution < 1.29 is 4.79 Å². The van der Waals surface area contributed by atoms with E-state index in [4.69, 9.17) is 5.73 Å². The molecule has 1 aromatic carbocycles. The second kappa shape index (κ2) is 11.1. The van der Waals surface area contributed by atoms with Crippen LogP contribution >= 0.6 is 37.2 Å². The van der Waals surface area contributed by atoms with E-state index in [1.54, 1.807) is 13.8 Å². The lowest BCUT2D eigenvalue weighted by Gasteiger charge is -2.32. The van der Waals surface area contributed by atoms with Crippen molar-refractivity contribution in [3.05, 3.63) is 29.8 Å². The van der Waals surface area contributed by atoms with Gasteiger partial charge in [0.15, 0.2) is 0 Å². The highest BCUT2D eigenvalue weighted by Gasteiger charge is 2.22. The first kappa shape index (κ1) is 25.7. The van der Waals surface area contributed by atoms with Gasteiger partial charge in [-0.15, -0.1) is 37.2 Å². The molecule has 1 amide bonds. The largest absolute Gasteiger partial charge is 0.325 e. The monoisotopic (exact) mass is 398 g/mol. The Balaban J connectivity index is 0. The number of nitrogens with two attached hydrogens (primary N) is 1. The number of halogens is 3. The van der Waals surface area contributed by atoms with E-state index in [0.29, 0.717) is 0 Å². The fourth-order valence-corrected chi connectivity index (χ4v) is 2.30. The molecule has 5 nitrogen and oxygen atoms in total. The molecule has 1 fully saturated rings. The van der Waals surface area contributed by atoms with Gasteiger partial charge in [0.05, 0.1) is 5.54 Å². The molecule has 0 bridgehead atoms. The minimum atomic E-state index is -0.868. The highest BCUT2D eigenvalue weighted by molar-refractivity contribution is 5.97. The highest BCUT2D eigenvalue weighted by Crippen LogP contribution is 2.15. The maximum atomic E-state index is 11.9. The van der Waals surface area contributed by atoms with Crippen molar-refractivity contribution in [3.8, 4) is 0 Å². The second-order valence-electron chi connectivity index (χ2n) is 6.46. The molecule has 1 aromatic rings. The van der Waals surface area contributed by atoms with Gasteiger partial charge in [0.1, 0.15) is 0 Å². The van der Waals surface area contributed by atoms with Crippen LogP contribution in [-0.2, 0) is 11.3 Å². The molecular formula is C16H29Cl3N4O. The van der Waals surface area contributed by atoms with Crippen molar-refractivity contribution >= 4 is 48.8 Å². The number of anilines is 1. The Morgan fingerprint density at radius 2 is 1.75 bits per heavy atom. The Kier molecular flexibility index (Phi) is 11.9. The number of carbonyl (C=O) groups is 1. The fourth-order valence-electron chi connectivity index (χ4n) is 2.30. The third kappa shape index (κ3) is 8.01. The number of amides is 1. The number of rotatable bonds is 4. The lowest BCUT2D eigenvalue weighted by atomic mass is 10.1. The first-order valence-electron chi connectivity index (χ1n) is 7.45. The minimum Gasteiger partial charge on any atom is -0.325 e. The summed E-state index contributed by atoms with van der Waals surface area (Å²) in [6.07, 6.45) is 0. The molecule has 0 unspecified atom stereocenters. The number of hydrogen-bond donors (Lipinski definition) is 2. The predicted octanol–water partition coefficient (Wildman–Crippen LogP) is 2.38. The summed E-state index contributed by atoms with van der Waals surface area (Å²) in [6.45, 7) is 8.72. The molecule has 2 rings (SSSR count). The molecule has 8 heteroatoms. The van der Waals surface area contributed by atoms with Crippen LogP contribution < -0.4 is 11.1 Å². The van der Waals surface area contributed by atoms with Gasteiger partial charge in [0.25, 0.3) is 0 Å². The summed E-state index contributed by atoms with van der Waals surface area (Å²) in [5.74, 6) is -0.167. The van der Waals surface area contributed by atoms with Gasteiger partial charge in [-0.3, -0.25) is 9.69 Å². The van der Waals surface area contributed by atoms with Gasteiger partial charge in [-0.05, 0) is 38.6 Å². The van der Waals surface area contributed by atoms with Crippen LogP contribution in [0.5, 0.6) is 0 Å². The quantitative estimate of drug-likeness (QED) is 0.816. The van der Waals surface area contributed by atoms with E-state index < -0.39 is 5.54 Å². The number of nitrogens with one attached hydrogen (secondary N) is 1. The van der Waals surface area contributed by atoms with Crippen molar-refractivity contribution in [2.24, 2.45) is 5.73 Å². The molecule has 0 spiro atoms. The lowest BCUT2D eigenvalue weighted by molar-refractivity contribution is -0.120. The first-order chi connectivity index (χ1) is 9.84. The highest BCUT2D eigenvalue weighted by atomic mass is 35.5. The molecule has 140 valence electrons. The summed E-state index contributed by atoms with van der Waals surface area (Å²) in [6, 6.07) is 8.01. The average Bonchev–Trinajstić information content (AvgIpc) is 2.41. The van der Waals surface area contributed by atoms with E-state index in [1.165, 1.54) is 5.56 Å². The van der Waals surface area contributed by atoms with E-state index in [0.717, 1.165) is 38.4 Å². The standard InChI is InChI=1S/C16H26N4O.3ClH/c1-16(2,17)15(21)18-14-6-4-5-13(11-14)12-20-9-7-19(3)8-10-20;;;/h4-6,11H,7-10,12,17H2,1-3H3,(H,18,21);3*1H. The van der Waals surface area contributed by atoms with Gasteiger partial charge in [-0.1, -0.05) is 12.1 Å². The van der Waals surface area contributed by atoms with Crippen molar-refractivity contribution in [1.29, 1.82) is 0 Å². The Labute approximate surface area is 163 Å². The Morgan fingerprint density at radius 1 is 1.17 bits per heavy atom. The molecule has 3 N–H and O–H groups in total. The van der Waals surface area contributed by atoms with Crippen LogP contribution in [0.15, 0.2) is 24.3 Å². The Morgan fingerprint density at radius 3 is 2.29 bits per heavy atom. The van der Waals surface area contributed by atoms with Crippen LogP contribution in [0.2, 0.25) is 0 Å². The predicted molar refractivity (Wildman–Crippen MR) is 108 cm³/mol. The lowest BCUT2D eigenvalue weighted by Crippen LogP contribution is -2.45. The van der Waals surface area contributed by atoms with Crippen LogP contribution in [-0.4, -0.2) is 54.5 Å². The number of hydrogen-bond acceptors (Lipinski definition) is 4. The number of carbonyl (C=O) groups excluding carboxylic acids is 1. The topological polar surface area (TPSA) is 61.6 Å². The number of likely N-dealkylation sites (N-methyl/N-ethyl adjacent to an activating group) is 1. The van der Waals surface area contributed by atoms with E-state index >= 15 is 0 Å². The van der Waals surface area contributed by atoms with Gasteiger partial charge >= 0.3 is 0 Å². The molecule has 24 heavy (non-hydrogen) atoms. The number of nitrogens with zero attached hydrogens (tertiary/aromatic N) is 2. The first-order valence-corrected chi connectivity index (χ1v) is 7.45. The molecule has 0 aromatic heterocycles. The zero-order valence-electron chi connectivity index (χ0n) is 14.4. The van der Waals surface area contributed by atoms with Crippen LogP contribution in [0.1, 0.15) is 19.4 Å². The summed E-state index contributed by atoms with van der Waals surface area (Å²) < 4.78 is 0. The Bertz CT molecular complexity index is 500. The zero-order valence-corrected chi connectivity index (χ0v) is 16.9. The van der Waals surface area contributed by atoms with E-state index in [-0.39, 0.29) is 43.1 Å². The molecular weight excluding hydrogens is 371 g/mol. The third-order valence-electron chi connectivity index (χ3n) is 3.77. The summed E-state index contributed by atoms with van der Waals surface area (Å²) in [7, 11) is 2.15. The van der Waals surface area contributed by atoms with E-state index in [9.17, 15) is 4.79 Å². The zero-order chi connectivity index (χ0) is 15.5. The summed E-state index contributed by atoms with van der Waals surface area (Å²) in [5, 5.41) is 2.88.